The summed E-state index contributed by atoms with van der Waals surface area (Å²) >= 11 is 0. The molecule has 0 saturated carbocycles. The molecule has 0 radical (unpaired) electrons. The summed E-state index contributed by atoms with van der Waals surface area (Å²) in [7, 11) is 0. The van der Waals surface area contributed by atoms with Gasteiger partial charge in [0.25, 0.3) is 0 Å². The van der Waals surface area contributed by atoms with Crippen LogP contribution in [0.3, 0.4) is 0 Å². The van der Waals surface area contributed by atoms with E-state index in [-0.39, 0.29) is 31.0 Å². The number of ether oxygens (including phenoxy) is 1. The minimum absolute atomic E-state index is 0.0112. The van der Waals surface area contributed by atoms with Gasteiger partial charge in [-0.3, -0.25) is 0 Å². The highest BCUT2D eigenvalue weighted by Crippen LogP contribution is 2.14. The van der Waals surface area contributed by atoms with Gasteiger partial charge >= 0.3 is 12.0 Å². The molecule has 0 aliphatic carbocycles. The van der Waals surface area contributed by atoms with Crippen LogP contribution >= 0.6 is 0 Å². The number of amides is 2. The lowest BCUT2D eigenvalue weighted by atomic mass is 10.1. The predicted molar refractivity (Wildman–Crippen MR) is 72.3 cm³/mol. The third-order valence-corrected chi connectivity index (χ3v) is 3.34. The van der Waals surface area contributed by atoms with E-state index >= 15 is 0 Å². The minimum atomic E-state index is -1.08. The van der Waals surface area contributed by atoms with Crippen molar-refractivity contribution in [1.82, 2.24) is 10.2 Å². The van der Waals surface area contributed by atoms with Gasteiger partial charge in [0.2, 0.25) is 0 Å². The third-order valence-electron chi connectivity index (χ3n) is 3.34. The molecule has 2 unspecified atom stereocenters. The van der Waals surface area contributed by atoms with Crippen LogP contribution in [0.1, 0.15) is 18.5 Å². The van der Waals surface area contributed by atoms with Crippen molar-refractivity contribution in [3.05, 3.63) is 35.6 Å². The summed E-state index contributed by atoms with van der Waals surface area (Å²) in [5.41, 5.74) is 0.771. The van der Waals surface area contributed by atoms with Gasteiger partial charge < -0.3 is 20.1 Å². The van der Waals surface area contributed by atoms with E-state index in [0.29, 0.717) is 6.54 Å². The van der Waals surface area contributed by atoms with Crippen molar-refractivity contribution in [2.75, 3.05) is 19.7 Å². The van der Waals surface area contributed by atoms with Crippen molar-refractivity contribution in [2.24, 2.45) is 0 Å². The molecular formula is C14H17FN2O4. The van der Waals surface area contributed by atoms with Crippen molar-refractivity contribution in [2.45, 2.75) is 19.1 Å². The van der Waals surface area contributed by atoms with Crippen LogP contribution in [0.5, 0.6) is 0 Å². The van der Waals surface area contributed by atoms with Gasteiger partial charge in [0.1, 0.15) is 5.82 Å². The summed E-state index contributed by atoms with van der Waals surface area (Å²) in [6.45, 7) is 2.32. The number of hydrogen-bond acceptors (Lipinski definition) is 3. The zero-order valence-corrected chi connectivity index (χ0v) is 11.6. The molecule has 114 valence electrons. The Balaban J connectivity index is 1.94. The van der Waals surface area contributed by atoms with Crippen LogP contribution in [0.15, 0.2) is 24.3 Å². The first-order chi connectivity index (χ1) is 9.97. The first-order valence-corrected chi connectivity index (χ1v) is 6.62. The van der Waals surface area contributed by atoms with Gasteiger partial charge in [0.05, 0.1) is 19.2 Å². The monoisotopic (exact) mass is 296 g/mol. The number of carboxylic acid groups (broad SMARTS) is 1. The van der Waals surface area contributed by atoms with Gasteiger partial charge in [-0.05, 0) is 24.6 Å². The molecule has 0 bridgehead atoms. The fourth-order valence-electron chi connectivity index (χ4n) is 2.09. The lowest BCUT2D eigenvalue weighted by Gasteiger charge is -2.31. The van der Waals surface area contributed by atoms with E-state index in [9.17, 15) is 14.0 Å². The number of halogens is 1. The fraction of sp³-hybridized carbons (Fsp3) is 0.429. The molecule has 7 heteroatoms. The first kappa shape index (κ1) is 15.2. The van der Waals surface area contributed by atoms with Crippen LogP contribution in [0.25, 0.3) is 0 Å². The Bertz CT molecular complexity index is 520. The number of urea groups is 1. The predicted octanol–water partition coefficient (Wildman–Crippen LogP) is 1.38. The molecule has 1 aromatic rings. The molecule has 1 aliphatic rings. The van der Waals surface area contributed by atoms with Gasteiger partial charge in [-0.25, -0.2) is 14.0 Å². The normalized spacial score (nSPS) is 19.9. The topological polar surface area (TPSA) is 78.9 Å². The average molecular weight is 296 g/mol. The SMILES string of the molecule is CC(NC(=O)N1CCOC(C(=O)O)C1)c1ccc(F)cc1. The number of nitrogens with zero attached hydrogens (tertiary/aromatic N) is 1. The molecule has 1 heterocycles. The maximum Gasteiger partial charge on any atom is 0.334 e. The number of carboxylic acids is 1. The Morgan fingerprint density at radius 2 is 2.10 bits per heavy atom. The van der Waals surface area contributed by atoms with E-state index in [1.54, 1.807) is 19.1 Å². The van der Waals surface area contributed by atoms with E-state index in [2.05, 4.69) is 5.32 Å². The second-order valence-electron chi connectivity index (χ2n) is 4.87. The van der Waals surface area contributed by atoms with E-state index in [4.69, 9.17) is 9.84 Å². The molecule has 2 amide bonds. The zero-order valence-electron chi connectivity index (χ0n) is 11.6. The number of hydrogen-bond donors (Lipinski definition) is 2. The molecule has 0 aromatic heterocycles. The van der Waals surface area contributed by atoms with Crippen LogP contribution in [-0.4, -0.2) is 47.8 Å². The highest BCUT2D eigenvalue weighted by atomic mass is 19.1. The van der Waals surface area contributed by atoms with Gasteiger partial charge in [0, 0.05) is 6.54 Å². The number of aliphatic carboxylic acids is 1. The van der Waals surface area contributed by atoms with Crippen LogP contribution in [-0.2, 0) is 9.53 Å². The summed E-state index contributed by atoms with van der Waals surface area (Å²) < 4.78 is 17.9. The van der Waals surface area contributed by atoms with Gasteiger partial charge in [-0.1, -0.05) is 12.1 Å². The second kappa shape index (κ2) is 6.53. The molecule has 1 aliphatic heterocycles. The standard InChI is InChI=1S/C14H17FN2O4/c1-9(10-2-4-11(15)5-3-10)16-14(20)17-6-7-21-12(8-17)13(18)19/h2-5,9,12H,6-8H2,1H3,(H,16,20)(H,18,19). The number of rotatable bonds is 3. The maximum absolute atomic E-state index is 12.9. The van der Waals surface area contributed by atoms with E-state index < -0.39 is 12.1 Å². The molecule has 6 nitrogen and oxygen atoms in total. The molecule has 2 rings (SSSR count). The minimum Gasteiger partial charge on any atom is -0.479 e. The lowest BCUT2D eigenvalue weighted by molar-refractivity contribution is -0.154. The van der Waals surface area contributed by atoms with Crippen LogP contribution in [0.2, 0.25) is 0 Å². The number of nitrogens with one attached hydrogen (secondary N) is 1. The Kier molecular flexibility index (Phi) is 4.74. The molecule has 1 saturated heterocycles. The molecule has 2 atom stereocenters. The number of benzene rings is 1. The first-order valence-electron chi connectivity index (χ1n) is 6.62. The maximum atomic E-state index is 12.9. The number of morpholine rings is 1. The Labute approximate surface area is 121 Å². The van der Waals surface area contributed by atoms with Crippen molar-refractivity contribution < 1.29 is 23.8 Å². The molecule has 2 N–H and O–H groups in total. The molecular weight excluding hydrogens is 279 g/mol. The van der Waals surface area contributed by atoms with Crippen LogP contribution in [0, 0.1) is 5.82 Å². The smallest absolute Gasteiger partial charge is 0.334 e. The summed E-state index contributed by atoms with van der Waals surface area (Å²) in [6.07, 6.45) is -0.995. The van der Waals surface area contributed by atoms with Crippen molar-refractivity contribution in [1.29, 1.82) is 0 Å². The Morgan fingerprint density at radius 3 is 2.71 bits per heavy atom. The third kappa shape index (κ3) is 3.91. The van der Waals surface area contributed by atoms with E-state index in [1.807, 2.05) is 0 Å². The van der Waals surface area contributed by atoms with Gasteiger partial charge in [-0.15, -0.1) is 0 Å². The van der Waals surface area contributed by atoms with Crippen molar-refractivity contribution >= 4 is 12.0 Å². The highest BCUT2D eigenvalue weighted by molar-refractivity contribution is 5.77. The quantitative estimate of drug-likeness (QED) is 0.883. The van der Waals surface area contributed by atoms with Crippen molar-refractivity contribution in [3.63, 3.8) is 0 Å². The molecule has 1 aromatic carbocycles. The molecule has 0 spiro atoms. The Morgan fingerprint density at radius 1 is 1.43 bits per heavy atom. The number of carbonyl (C=O) groups is 2. The summed E-state index contributed by atoms with van der Waals surface area (Å²) in [6, 6.07) is 5.19. The second-order valence-corrected chi connectivity index (χ2v) is 4.87. The van der Waals surface area contributed by atoms with Crippen LogP contribution in [0.4, 0.5) is 9.18 Å². The fourth-order valence-corrected chi connectivity index (χ4v) is 2.09. The average Bonchev–Trinajstić information content (AvgIpc) is 2.48. The van der Waals surface area contributed by atoms with Crippen LogP contribution < -0.4 is 5.32 Å². The summed E-state index contributed by atoms with van der Waals surface area (Å²) in [5.74, 6) is -1.42. The molecule has 1 fully saturated rings. The Hall–Kier alpha value is -2.15. The largest absolute Gasteiger partial charge is 0.479 e. The van der Waals surface area contributed by atoms with E-state index in [0.717, 1.165) is 5.56 Å². The van der Waals surface area contributed by atoms with E-state index in [1.165, 1.54) is 17.0 Å². The number of carbonyl (C=O) groups excluding carboxylic acids is 1. The zero-order chi connectivity index (χ0) is 15.4. The lowest BCUT2D eigenvalue weighted by Crippen LogP contribution is -2.52. The summed E-state index contributed by atoms with van der Waals surface area (Å²) in [4.78, 5) is 24.4. The van der Waals surface area contributed by atoms with Crippen molar-refractivity contribution in [3.8, 4) is 0 Å². The highest BCUT2D eigenvalue weighted by Gasteiger charge is 2.29. The molecule has 21 heavy (non-hydrogen) atoms. The summed E-state index contributed by atoms with van der Waals surface area (Å²) in [5, 5.41) is 11.7. The van der Waals surface area contributed by atoms with Gasteiger partial charge in [-0.2, -0.15) is 0 Å². The van der Waals surface area contributed by atoms with Gasteiger partial charge in [0.15, 0.2) is 6.10 Å².